The van der Waals surface area contributed by atoms with Crippen LogP contribution in [0.1, 0.15) is 22.9 Å². The molecule has 1 unspecified atom stereocenters. The van der Waals surface area contributed by atoms with E-state index in [-0.39, 0.29) is 6.04 Å². The van der Waals surface area contributed by atoms with Crippen molar-refractivity contribution in [2.75, 3.05) is 7.05 Å². The van der Waals surface area contributed by atoms with Gasteiger partial charge < -0.3 is 5.32 Å². The Morgan fingerprint density at radius 2 is 2.46 bits per heavy atom. The highest BCUT2D eigenvalue weighted by Gasteiger charge is 2.14. The minimum absolute atomic E-state index is 0.191. The maximum absolute atomic E-state index is 6.12. The molecule has 0 bridgehead atoms. The third-order valence-electron chi connectivity index (χ3n) is 1.91. The van der Waals surface area contributed by atoms with E-state index in [1.807, 2.05) is 14.0 Å². The highest BCUT2D eigenvalue weighted by Crippen LogP contribution is 2.33. The zero-order valence-electron chi connectivity index (χ0n) is 7.73. The number of thiophene rings is 1. The molecule has 1 aromatic rings. The monoisotopic (exact) mass is 213 g/mol. The smallest absolute Gasteiger partial charge is 0.0590 e. The lowest BCUT2D eigenvalue weighted by molar-refractivity contribution is 0.622. The molecule has 1 N–H and O–H groups in total. The molecule has 0 amide bonds. The number of aryl methyl sites for hydroxylation is 1. The molecule has 1 nitrogen and oxygen atoms in total. The van der Waals surface area contributed by atoms with E-state index in [0.717, 1.165) is 15.5 Å². The predicted octanol–water partition coefficient (Wildman–Crippen LogP) is 2.99. The summed E-state index contributed by atoms with van der Waals surface area (Å²) in [6.45, 7) is 2.00. The highest BCUT2D eigenvalue weighted by atomic mass is 35.5. The summed E-state index contributed by atoms with van der Waals surface area (Å²) >= 11 is 7.78. The minimum Gasteiger partial charge on any atom is -0.311 e. The van der Waals surface area contributed by atoms with Gasteiger partial charge in [-0.05, 0) is 24.9 Å². The largest absolute Gasteiger partial charge is 0.311 e. The highest BCUT2D eigenvalue weighted by molar-refractivity contribution is 7.10. The minimum atomic E-state index is 0.191. The molecule has 0 aliphatic carbocycles. The molecule has 1 atom stereocenters. The first kappa shape index (κ1) is 10.6. The van der Waals surface area contributed by atoms with Gasteiger partial charge in [-0.1, -0.05) is 11.6 Å². The summed E-state index contributed by atoms with van der Waals surface area (Å²) in [5, 5.41) is 6.06. The Bertz CT molecular complexity index is 324. The Balaban J connectivity index is 2.92. The number of hydrogen-bond donors (Lipinski definition) is 1. The van der Waals surface area contributed by atoms with E-state index >= 15 is 0 Å². The summed E-state index contributed by atoms with van der Waals surface area (Å²) in [5.41, 5.74) is 1.12. The lowest BCUT2D eigenvalue weighted by Gasteiger charge is -2.11. The van der Waals surface area contributed by atoms with Gasteiger partial charge in [0, 0.05) is 11.3 Å². The van der Waals surface area contributed by atoms with E-state index in [0.29, 0.717) is 6.42 Å². The zero-order chi connectivity index (χ0) is 9.84. The van der Waals surface area contributed by atoms with Gasteiger partial charge in [-0.2, -0.15) is 0 Å². The normalized spacial score (nSPS) is 12.5. The van der Waals surface area contributed by atoms with Crippen LogP contribution in [0.3, 0.4) is 0 Å². The standard InChI is InChI=1S/C10H12ClNS/c1-4-5-8(12-3)10-9(11)7(2)6-13-10/h1,6,8,12H,5H2,2-3H3. The fourth-order valence-corrected chi connectivity index (χ4v) is 2.56. The topological polar surface area (TPSA) is 12.0 Å². The molecule has 13 heavy (non-hydrogen) atoms. The van der Waals surface area contributed by atoms with Gasteiger partial charge in [-0.25, -0.2) is 0 Å². The SMILES string of the molecule is C#CCC(NC)c1scc(C)c1Cl. The Hall–Kier alpha value is -0.490. The molecule has 70 valence electrons. The van der Waals surface area contributed by atoms with Crippen LogP contribution in [0, 0.1) is 19.3 Å². The summed E-state index contributed by atoms with van der Waals surface area (Å²) in [4.78, 5) is 1.14. The van der Waals surface area contributed by atoms with Crippen molar-refractivity contribution in [2.24, 2.45) is 0 Å². The van der Waals surface area contributed by atoms with Crippen LogP contribution in [-0.2, 0) is 0 Å². The first-order valence-electron chi connectivity index (χ1n) is 4.05. The summed E-state index contributed by atoms with van der Waals surface area (Å²) in [6.07, 6.45) is 5.95. The second-order valence-corrected chi connectivity index (χ2v) is 4.14. The molecule has 0 aliphatic rings. The molecule has 0 spiro atoms. The lowest BCUT2D eigenvalue weighted by Crippen LogP contribution is -2.14. The molecule has 0 fully saturated rings. The molecule has 0 radical (unpaired) electrons. The maximum Gasteiger partial charge on any atom is 0.0590 e. The second-order valence-electron chi connectivity index (χ2n) is 2.85. The van der Waals surface area contributed by atoms with Crippen LogP contribution in [0.15, 0.2) is 5.38 Å². The average Bonchev–Trinajstić information content (AvgIpc) is 2.45. The number of nitrogens with one attached hydrogen (secondary N) is 1. The van der Waals surface area contributed by atoms with Crippen molar-refractivity contribution in [3.8, 4) is 12.3 Å². The third-order valence-corrected chi connectivity index (χ3v) is 3.74. The summed E-state index contributed by atoms with van der Waals surface area (Å²) in [5.74, 6) is 2.64. The fourth-order valence-electron chi connectivity index (χ4n) is 1.13. The average molecular weight is 214 g/mol. The fraction of sp³-hybridized carbons (Fsp3) is 0.400. The van der Waals surface area contributed by atoms with Gasteiger partial charge in [0.1, 0.15) is 0 Å². The van der Waals surface area contributed by atoms with Crippen molar-refractivity contribution in [2.45, 2.75) is 19.4 Å². The molecule has 0 saturated carbocycles. The van der Waals surface area contributed by atoms with Crippen molar-refractivity contribution in [3.63, 3.8) is 0 Å². The van der Waals surface area contributed by atoms with Crippen molar-refractivity contribution >= 4 is 22.9 Å². The molecule has 1 aromatic heterocycles. The van der Waals surface area contributed by atoms with Crippen molar-refractivity contribution in [3.05, 3.63) is 20.8 Å². The Labute approximate surface area is 88.1 Å². The van der Waals surface area contributed by atoms with Crippen LogP contribution in [0.4, 0.5) is 0 Å². The molecule has 3 heteroatoms. The van der Waals surface area contributed by atoms with Gasteiger partial charge in [0.05, 0.1) is 11.1 Å². The van der Waals surface area contributed by atoms with E-state index in [9.17, 15) is 0 Å². The number of hydrogen-bond acceptors (Lipinski definition) is 2. The molecular weight excluding hydrogens is 202 g/mol. The van der Waals surface area contributed by atoms with Crippen LogP contribution in [0.2, 0.25) is 5.02 Å². The number of halogens is 1. The maximum atomic E-state index is 6.12. The molecule has 0 aliphatic heterocycles. The lowest BCUT2D eigenvalue weighted by atomic mass is 10.1. The predicted molar refractivity (Wildman–Crippen MR) is 59.3 cm³/mol. The Kier molecular flexibility index (Phi) is 3.80. The van der Waals surface area contributed by atoms with E-state index in [1.165, 1.54) is 0 Å². The van der Waals surface area contributed by atoms with E-state index in [4.69, 9.17) is 18.0 Å². The summed E-state index contributed by atoms with van der Waals surface area (Å²) < 4.78 is 0. The first-order valence-corrected chi connectivity index (χ1v) is 5.30. The first-order chi connectivity index (χ1) is 6.20. The van der Waals surface area contributed by atoms with Crippen LogP contribution in [0.25, 0.3) is 0 Å². The number of terminal acetylenes is 1. The van der Waals surface area contributed by atoms with Crippen LogP contribution in [0.5, 0.6) is 0 Å². The molecule has 1 rings (SSSR count). The number of rotatable bonds is 3. The van der Waals surface area contributed by atoms with Gasteiger partial charge >= 0.3 is 0 Å². The molecule has 1 heterocycles. The summed E-state index contributed by atoms with van der Waals surface area (Å²) in [7, 11) is 1.90. The summed E-state index contributed by atoms with van der Waals surface area (Å²) in [6, 6.07) is 0.191. The van der Waals surface area contributed by atoms with Gasteiger partial charge in [0.15, 0.2) is 0 Å². The molecule has 0 saturated heterocycles. The Morgan fingerprint density at radius 3 is 2.85 bits per heavy atom. The van der Waals surface area contributed by atoms with Gasteiger partial charge in [0.2, 0.25) is 0 Å². The van der Waals surface area contributed by atoms with Crippen LogP contribution < -0.4 is 5.32 Å². The van der Waals surface area contributed by atoms with Crippen molar-refractivity contribution in [1.29, 1.82) is 0 Å². The van der Waals surface area contributed by atoms with E-state index < -0.39 is 0 Å². The second kappa shape index (κ2) is 4.66. The van der Waals surface area contributed by atoms with Gasteiger partial charge in [-0.15, -0.1) is 23.7 Å². The van der Waals surface area contributed by atoms with E-state index in [1.54, 1.807) is 11.3 Å². The molecular formula is C10H12ClNS. The third kappa shape index (κ3) is 2.25. The van der Waals surface area contributed by atoms with Crippen LogP contribution >= 0.6 is 22.9 Å². The van der Waals surface area contributed by atoms with Gasteiger partial charge in [-0.3, -0.25) is 0 Å². The van der Waals surface area contributed by atoms with Crippen molar-refractivity contribution < 1.29 is 0 Å². The van der Waals surface area contributed by atoms with Crippen molar-refractivity contribution in [1.82, 2.24) is 5.32 Å². The van der Waals surface area contributed by atoms with E-state index in [2.05, 4.69) is 16.6 Å². The Morgan fingerprint density at radius 1 is 1.77 bits per heavy atom. The quantitative estimate of drug-likeness (QED) is 0.762. The zero-order valence-corrected chi connectivity index (χ0v) is 9.30. The van der Waals surface area contributed by atoms with Gasteiger partial charge in [0.25, 0.3) is 0 Å². The van der Waals surface area contributed by atoms with Crippen LogP contribution in [-0.4, -0.2) is 7.05 Å². The molecule has 0 aromatic carbocycles.